The number of aromatic amines is 1. The molecule has 35 heavy (non-hydrogen) atoms. The summed E-state index contributed by atoms with van der Waals surface area (Å²) < 4.78 is 40.7. The molecule has 2 saturated heterocycles. The van der Waals surface area contributed by atoms with Crippen LogP contribution in [0.3, 0.4) is 0 Å². The first-order valence-corrected chi connectivity index (χ1v) is 11.2. The number of allylic oxidation sites excluding steroid dienone is 1. The molecule has 0 saturated carbocycles. The highest BCUT2D eigenvalue weighted by Gasteiger charge is 2.38. The monoisotopic (exact) mass is 485 g/mol. The van der Waals surface area contributed by atoms with E-state index >= 15 is 0 Å². The Morgan fingerprint density at radius 3 is 2.46 bits per heavy atom. The molecule has 0 aliphatic carbocycles. The quantitative estimate of drug-likeness (QED) is 0.438. The zero-order valence-electron chi connectivity index (χ0n) is 18.5. The zero-order chi connectivity index (χ0) is 24.6. The fourth-order valence-corrected chi connectivity index (χ4v) is 4.74. The van der Waals surface area contributed by atoms with Gasteiger partial charge in [0.25, 0.3) is 5.91 Å². The highest BCUT2D eigenvalue weighted by Crippen LogP contribution is 2.32. The van der Waals surface area contributed by atoms with E-state index in [1.54, 1.807) is 24.4 Å². The molecule has 1 N–H and O–H groups in total. The van der Waals surface area contributed by atoms with Crippen LogP contribution in [-0.4, -0.2) is 69.4 Å². The van der Waals surface area contributed by atoms with E-state index in [0.29, 0.717) is 41.5 Å². The lowest BCUT2D eigenvalue weighted by Crippen LogP contribution is -2.36. The minimum atomic E-state index is -4.78. The molecule has 5 rings (SSSR count). The van der Waals surface area contributed by atoms with Crippen LogP contribution in [0.4, 0.5) is 13.2 Å². The molecule has 2 aliphatic heterocycles. The Morgan fingerprint density at radius 1 is 0.971 bits per heavy atom. The maximum absolute atomic E-state index is 13.0. The van der Waals surface area contributed by atoms with Crippen molar-refractivity contribution in [3.8, 4) is 5.75 Å². The number of carbonyl (C=O) groups is 2. The lowest BCUT2D eigenvalue weighted by atomic mass is 9.89. The number of hydrogen-bond donors (Lipinski definition) is 1. The van der Waals surface area contributed by atoms with E-state index < -0.39 is 6.36 Å². The molecule has 2 aliphatic rings. The van der Waals surface area contributed by atoms with Gasteiger partial charge in [0, 0.05) is 49.6 Å². The van der Waals surface area contributed by atoms with E-state index in [-0.39, 0.29) is 23.0 Å². The van der Waals surface area contributed by atoms with Crippen molar-refractivity contribution in [3.63, 3.8) is 0 Å². The van der Waals surface area contributed by atoms with Crippen molar-refractivity contribution >= 4 is 22.7 Å². The third kappa shape index (κ3) is 5.13. The summed E-state index contributed by atoms with van der Waals surface area (Å²) >= 11 is 0. The van der Waals surface area contributed by atoms with Gasteiger partial charge in [-0.25, -0.2) is 0 Å². The van der Waals surface area contributed by atoms with Crippen LogP contribution in [0.25, 0.3) is 11.0 Å². The van der Waals surface area contributed by atoms with Gasteiger partial charge in [0.05, 0.1) is 0 Å². The largest absolute Gasteiger partial charge is 0.573 e. The molecule has 0 unspecified atom stereocenters. The van der Waals surface area contributed by atoms with Crippen LogP contribution >= 0.6 is 0 Å². The Hall–Kier alpha value is -3.89. The van der Waals surface area contributed by atoms with Gasteiger partial charge in [-0.2, -0.15) is 15.4 Å². The first kappa shape index (κ1) is 22.9. The van der Waals surface area contributed by atoms with Crippen LogP contribution in [0.2, 0.25) is 0 Å². The van der Waals surface area contributed by atoms with Crippen LogP contribution in [0.5, 0.6) is 5.75 Å². The Bertz CT molecular complexity index is 1270. The predicted molar refractivity (Wildman–Crippen MR) is 120 cm³/mol. The summed E-state index contributed by atoms with van der Waals surface area (Å²) in [5.41, 5.74) is 2.21. The molecule has 2 fully saturated rings. The number of nitrogens with zero attached hydrogens (tertiary/aromatic N) is 4. The first-order chi connectivity index (χ1) is 16.7. The smallest absolute Gasteiger partial charge is 0.406 e. The van der Waals surface area contributed by atoms with Gasteiger partial charge in [0.1, 0.15) is 16.8 Å². The number of piperidine rings is 1. The van der Waals surface area contributed by atoms with Crippen molar-refractivity contribution in [2.45, 2.75) is 12.8 Å². The maximum atomic E-state index is 13.0. The molecule has 0 bridgehead atoms. The standard InChI is InChI=1S/C24H22F3N5O3/c25-24(26,27)35-19-4-1-15(2-5-19)22(33)8-10-31-9-7-17-13-32(14-18(17)12-31)23(34)16-3-6-20-21(11-16)29-30-28-20/h1-6,8,10-11,17-18H,7,9,12-14H2,(H,28,29,30)/t17-,18-/m1/s1. The Labute approximate surface area is 198 Å². The molecule has 2 aromatic carbocycles. The van der Waals surface area contributed by atoms with Crippen molar-refractivity contribution in [3.05, 3.63) is 65.9 Å². The summed E-state index contributed by atoms with van der Waals surface area (Å²) in [5, 5.41) is 10.6. The Balaban J connectivity index is 1.17. The van der Waals surface area contributed by atoms with E-state index in [1.807, 2.05) is 4.90 Å². The van der Waals surface area contributed by atoms with E-state index in [1.165, 1.54) is 18.2 Å². The number of H-pyrrole nitrogens is 1. The van der Waals surface area contributed by atoms with Gasteiger partial charge in [-0.15, -0.1) is 13.2 Å². The summed E-state index contributed by atoms with van der Waals surface area (Å²) in [7, 11) is 0. The molecule has 3 aromatic rings. The number of amides is 1. The van der Waals surface area contributed by atoms with Crippen LogP contribution in [0.1, 0.15) is 27.1 Å². The second-order valence-corrected chi connectivity index (χ2v) is 8.79. The molecule has 182 valence electrons. The summed E-state index contributed by atoms with van der Waals surface area (Å²) in [4.78, 5) is 29.4. The maximum Gasteiger partial charge on any atom is 0.573 e. The second-order valence-electron chi connectivity index (χ2n) is 8.79. The van der Waals surface area contributed by atoms with Gasteiger partial charge in [-0.05, 0) is 60.7 Å². The molecule has 0 radical (unpaired) electrons. The highest BCUT2D eigenvalue weighted by atomic mass is 19.4. The van der Waals surface area contributed by atoms with Gasteiger partial charge in [0.15, 0.2) is 5.78 Å². The molecule has 11 heteroatoms. The predicted octanol–water partition coefficient (Wildman–Crippen LogP) is 3.65. The molecule has 0 spiro atoms. The first-order valence-electron chi connectivity index (χ1n) is 11.2. The lowest BCUT2D eigenvalue weighted by Gasteiger charge is -2.33. The third-order valence-corrected chi connectivity index (χ3v) is 6.49. The average Bonchev–Trinajstić information content (AvgIpc) is 3.47. The van der Waals surface area contributed by atoms with Gasteiger partial charge >= 0.3 is 6.36 Å². The number of aromatic nitrogens is 3. The van der Waals surface area contributed by atoms with E-state index in [2.05, 4.69) is 25.0 Å². The van der Waals surface area contributed by atoms with Crippen molar-refractivity contribution in [1.29, 1.82) is 0 Å². The van der Waals surface area contributed by atoms with Crippen LogP contribution in [-0.2, 0) is 0 Å². The number of fused-ring (bicyclic) bond motifs is 2. The minimum Gasteiger partial charge on any atom is -0.406 e. The number of alkyl halides is 3. The minimum absolute atomic E-state index is 0.0282. The normalized spacial score (nSPS) is 20.4. The number of ether oxygens (including phenoxy) is 1. The van der Waals surface area contributed by atoms with E-state index in [9.17, 15) is 22.8 Å². The topological polar surface area (TPSA) is 91.4 Å². The van der Waals surface area contributed by atoms with Crippen LogP contribution in [0, 0.1) is 11.8 Å². The summed E-state index contributed by atoms with van der Waals surface area (Å²) in [6, 6.07) is 10.1. The van der Waals surface area contributed by atoms with E-state index in [4.69, 9.17) is 0 Å². The molecule has 8 nitrogen and oxygen atoms in total. The fourth-order valence-electron chi connectivity index (χ4n) is 4.74. The third-order valence-electron chi connectivity index (χ3n) is 6.49. The molecule has 3 heterocycles. The summed E-state index contributed by atoms with van der Waals surface area (Å²) in [6.45, 7) is 2.82. The number of hydrogen-bond acceptors (Lipinski definition) is 6. The van der Waals surface area contributed by atoms with Gasteiger partial charge < -0.3 is 14.5 Å². The molecule has 1 aromatic heterocycles. The Kier molecular flexibility index (Phi) is 5.91. The fraction of sp³-hybridized carbons (Fsp3) is 0.333. The number of carbonyl (C=O) groups excluding carboxylic acids is 2. The second kappa shape index (κ2) is 9.05. The number of likely N-dealkylation sites (tertiary alicyclic amines) is 2. The van der Waals surface area contributed by atoms with Gasteiger partial charge in [-0.1, -0.05) is 0 Å². The van der Waals surface area contributed by atoms with Crippen LogP contribution < -0.4 is 4.74 Å². The van der Waals surface area contributed by atoms with Crippen LogP contribution in [0.15, 0.2) is 54.7 Å². The lowest BCUT2D eigenvalue weighted by molar-refractivity contribution is -0.274. The van der Waals surface area contributed by atoms with Crippen molar-refractivity contribution in [1.82, 2.24) is 25.2 Å². The van der Waals surface area contributed by atoms with Gasteiger partial charge in [0.2, 0.25) is 0 Å². The van der Waals surface area contributed by atoms with Crippen molar-refractivity contribution in [2.24, 2.45) is 11.8 Å². The molecular formula is C24H22F3N5O3. The van der Waals surface area contributed by atoms with Gasteiger partial charge in [-0.3, -0.25) is 9.59 Å². The number of halogens is 3. The van der Waals surface area contributed by atoms with Crippen molar-refractivity contribution < 1.29 is 27.5 Å². The zero-order valence-corrected chi connectivity index (χ0v) is 18.5. The SMILES string of the molecule is O=C(C=CN1CC[C@@H]2CN(C(=O)c3ccc4n[nH]nc4c3)C[C@H]2C1)c1ccc(OC(F)(F)F)cc1. The van der Waals surface area contributed by atoms with Crippen molar-refractivity contribution in [2.75, 3.05) is 26.2 Å². The Morgan fingerprint density at radius 2 is 1.69 bits per heavy atom. The average molecular weight is 485 g/mol. The summed E-state index contributed by atoms with van der Waals surface area (Å²) in [5.74, 6) is -0.0173. The van der Waals surface area contributed by atoms with E-state index in [0.717, 1.165) is 31.6 Å². The number of rotatable bonds is 5. The molecular weight excluding hydrogens is 463 g/mol. The molecule has 2 atom stereocenters. The number of ketones is 1. The number of benzene rings is 2. The summed E-state index contributed by atoms with van der Waals surface area (Å²) in [6.07, 6.45) is -0.728. The molecule has 1 amide bonds. The number of nitrogens with one attached hydrogen (secondary N) is 1. The highest BCUT2D eigenvalue weighted by molar-refractivity contribution is 6.04.